The second-order valence-electron chi connectivity index (χ2n) is 3.04. The van der Waals surface area contributed by atoms with E-state index in [0.29, 0.717) is 6.42 Å². The fourth-order valence-corrected chi connectivity index (χ4v) is 1.11. The highest BCUT2D eigenvalue weighted by atomic mass is 16.6. The Morgan fingerprint density at radius 2 is 2.17 bits per heavy atom. The second-order valence-corrected chi connectivity index (χ2v) is 3.04. The third-order valence-electron chi connectivity index (χ3n) is 1.94. The average Bonchev–Trinajstić information content (AvgIpc) is 2.05. The van der Waals surface area contributed by atoms with Crippen LogP contribution in [-0.2, 0) is 0 Å². The van der Waals surface area contributed by atoms with E-state index in [1.165, 1.54) is 0 Å². The van der Waals surface area contributed by atoms with Gasteiger partial charge >= 0.3 is 0 Å². The van der Waals surface area contributed by atoms with Crippen molar-refractivity contribution < 1.29 is 10.0 Å². The fraction of sp³-hybridized carbons (Fsp3) is 1.00. The van der Waals surface area contributed by atoms with E-state index in [1.54, 1.807) is 0 Å². The Hall–Kier alpha value is -0.640. The first-order valence-electron chi connectivity index (χ1n) is 4.43. The van der Waals surface area contributed by atoms with Gasteiger partial charge in [-0.15, -0.1) is 0 Å². The largest absolute Gasteiger partial charge is 0.396 e. The molecule has 1 atom stereocenters. The zero-order valence-corrected chi connectivity index (χ0v) is 7.53. The molecule has 4 heteroatoms. The quantitative estimate of drug-likeness (QED) is 0.470. The molecule has 0 bridgehead atoms. The van der Waals surface area contributed by atoms with Gasteiger partial charge in [-0.25, -0.2) is 0 Å². The van der Waals surface area contributed by atoms with Crippen LogP contribution in [0.3, 0.4) is 0 Å². The van der Waals surface area contributed by atoms with Crippen LogP contribution in [0.5, 0.6) is 0 Å². The SMILES string of the molecule is CCCCC(CO)CC[N+](=O)[O-]. The van der Waals surface area contributed by atoms with Crippen LogP contribution in [0.1, 0.15) is 32.6 Å². The molecule has 0 aliphatic heterocycles. The Morgan fingerprint density at radius 1 is 1.50 bits per heavy atom. The number of unbranched alkanes of at least 4 members (excludes halogenated alkanes) is 1. The summed E-state index contributed by atoms with van der Waals surface area (Å²) in [5.74, 6) is 0.121. The highest BCUT2D eigenvalue weighted by molar-refractivity contribution is 4.56. The number of hydrogen-bond donors (Lipinski definition) is 1. The molecule has 0 amide bonds. The lowest BCUT2D eigenvalue weighted by Crippen LogP contribution is -2.12. The summed E-state index contributed by atoms with van der Waals surface area (Å²) in [6, 6.07) is 0. The van der Waals surface area contributed by atoms with Crippen LogP contribution in [0.25, 0.3) is 0 Å². The Kier molecular flexibility index (Phi) is 6.66. The summed E-state index contributed by atoms with van der Waals surface area (Å²) >= 11 is 0. The van der Waals surface area contributed by atoms with Crippen molar-refractivity contribution in [2.75, 3.05) is 13.2 Å². The molecule has 0 saturated carbocycles. The Balaban J connectivity index is 3.45. The van der Waals surface area contributed by atoms with Crippen molar-refractivity contribution >= 4 is 0 Å². The third-order valence-corrected chi connectivity index (χ3v) is 1.94. The molecule has 0 spiro atoms. The molecule has 0 aromatic heterocycles. The van der Waals surface area contributed by atoms with Gasteiger partial charge in [0.1, 0.15) is 0 Å². The van der Waals surface area contributed by atoms with Crippen molar-refractivity contribution in [1.29, 1.82) is 0 Å². The van der Waals surface area contributed by atoms with Crippen molar-refractivity contribution in [2.45, 2.75) is 32.6 Å². The minimum Gasteiger partial charge on any atom is -0.396 e. The molecule has 0 rings (SSSR count). The van der Waals surface area contributed by atoms with Crippen LogP contribution in [0, 0.1) is 16.0 Å². The number of nitro groups is 1. The maximum absolute atomic E-state index is 10.0. The topological polar surface area (TPSA) is 63.4 Å². The van der Waals surface area contributed by atoms with Crippen molar-refractivity contribution in [3.8, 4) is 0 Å². The molecule has 1 N–H and O–H groups in total. The molecule has 0 heterocycles. The van der Waals surface area contributed by atoms with Gasteiger partial charge in [0.15, 0.2) is 0 Å². The summed E-state index contributed by atoms with van der Waals surface area (Å²) in [5.41, 5.74) is 0. The Labute approximate surface area is 72.7 Å². The molecule has 4 nitrogen and oxygen atoms in total. The summed E-state index contributed by atoms with van der Waals surface area (Å²) in [5, 5.41) is 18.9. The van der Waals surface area contributed by atoms with Gasteiger partial charge in [-0.2, -0.15) is 0 Å². The van der Waals surface area contributed by atoms with E-state index < -0.39 is 0 Å². The van der Waals surface area contributed by atoms with Gasteiger partial charge in [0.25, 0.3) is 0 Å². The maximum atomic E-state index is 10.0. The first kappa shape index (κ1) is 11.4. The zero-order chi connectivity index (χ0) is 9.40. The molecule has 0 aliphatic carbocycles. The van der Waals surface area contributed by atoms with E-state index in [0.717, 1.165) is 19.3 Å². The average molecular weight is 175 g/mol. The van der Waals surface area contributed by atoms with Crippen LogP contribution in [0.2, 0.25) is 0 Å². The molecule has 0 radical (unpaired) electrons. The summed E-state index contributed by atoms with van der Waals surface area (Å²) in [6.45, 7) is 2.13. The Bertz CT molecular complexity index is 127. The van der Waals surface area contributed by atoms with Crippen molar-refractivity contribution in [3.63, 3.8) is 0 Å². The van der Waals surface area contributed by atoms with E-state index in [-0.39, 0.29) is 24.0 Å². The zero-order valence-electron chi connectivity index (χ0n) is 7.53. The summed E-state index contributed by atoms with van der Waals surface area (Å²) in [6.07, 6.45) is 3.53. The third kappa shape index (κ3) is 6.09. The number of aliphatic hydroxyl groups excluding tert-OH is 1. The highest BCUT2D eigenvalue weighted by Crippen LogP contribution is 2.11. The smallest absolute Gasteiger partial charge is 0.204 e. The van der Waals surface area contributed by atoms with Crippen LogP contribution in [0.4, 0.5) is 0 Å². The van der Waals surface area contributed by atoms with Crippen LogP contribution < -0.4 is 0 Å². The van der Waals surface area contributed by atoms with E-state index in [9.17, 15) is 10.1 Å². The summed E-state index contributed by atoms with van der Waals surface area (Å²) < 4.78 is 0. The van der Waals surface area contributed by atoms with E-state index in [2.05, 4.69) is 6.92 Å². The number of aliphatic hydroxyl groups is 1. The van der Waals surface area contributed by atoms with Gasteiger partial charge < -0.3 is 5.11 Å². The van der Waals surface area contributed by atoms with Crippen LogP contribution >= 0.6 is 0 Å². The lowest BCUT2D eigenvalue weighted by Gasteiger charge is -2.09. The summed E-state index contributed by atoms with van der Waals surface area (Å²) in [7, 11) is 0. The van der Waals surface area contributed by atoms with Gasteiger partial charge in [0.2, 0.25) is 6.54 Å². The van der Waals surface area contributed by atoms with Gasteiger partial charge in [-0.3, -0.25) is 10.1 Å². The number of rotatable bonds is 7. The molecule has 0 saturated heterocycles. The maximum Gasteiger partial charge on any atom is 0.204 e. The van der Waals surface area contributed by atoms with Crippen molar-refractivity contribution in [1.82, 2.24) is 0 Å². The molecule has 0 aromatic carbocycles. The predicted molar refractivity (Wildman–Crippen MR) is 46.6 cm³/mol. The summed E-state index contributed by atoms with van der Waals surface area (Å²) in [4.78, 5) is 9.69. The normalized spacial score (nSPS) is 12.8. The van der Waals surface area contributed by atoms with Gasteiger partial charge in [0, 0.05) is 18.0 Å². The lowest BCUT2D eigenvalue weighted by molar-refractivity contribution is -0.481. The molecule has 72 valence electrons. The van der Waals surface area contributed by atoms with Crippen LogP contribution in [0.15, 0.2) is 0 Å². The van der Waals surface area contributed by atoms with Crippen molar-refractivity contribution in [3.05, 3.63) is 10.1 Å². The number of nitrogens with zero attached hydrogens (tertiary/aromatic N) is 1. The second kappa shape index (κ2) is 7.03. The minimum atomic E-state index is -0.325. The van der Waals surface area contributed by atoms with E-state index in [4.69, 9.17) is 5.11 Å². The molecule has 0 fully saturated rings. The highest BCUT2D eigenvalue weighted by Gasteiger charge is 2.09. The molecule has 0 aliphatic rings. The first-order chi connectivity index (χ1) is 5.70. The van der Waals surface area contributed by atoms with E-state index >= 15 is 0 Å². The predicted octanol–water partition coefficient (Wildman–Crippen LogP) is 1.45. The van der Waals surface area contributed by atoms with Crippen LogP contribution in [-0.4, -0.2) is 23.2 Å². The molecule has 12 heavy (non-hydrogen) atoms. The van der Waals surface area contributed by atoms with Crippen molar-refractivity contribution in [2.24, 2.45) is 5.92 Å². The molecular weight excluding hydrogens is 158 g/mol. The monoisotopic (exact) mass is 175 g/mol. The first-order valence-corrected chi connectivity index (χ1v) is 4.43. The minimum absolute atomic E-state index is 0.0189. The lowest BCUT2D eigenvalue weighted by atomic mass is 10.00. The van der Waals surface area contributed by atoms with Gasteiger partial charge in [-0.1, -0.05) is 19.8 Å². The van der Waals surface area contributed by atoms with Gasteiger partial charge in [-0.05, 0) is 12.3 Å². The molecule has 0 aromatic rings. The standard InChI is InChI=1S/C8H17NO3/c1-2-3-4-8(7-10)5-6-9(11)12/h8,10H,2-7H2,1H3. The molecular formula is C8H17NO3. The van der Waals surface area contributed by atoms with E-state index in [1.807, 2.05) is 0 Å². The van der Waals surface area contributed by atoms with Gasteiger partial charge in [0.05, 0.1) is 0 Å². The fourth-order valence-electron chi connectivity index (χ4n) is 1.11. The Morgan fingerprint density at radius 3 is 2.58 bits per heavy atom. The molecule has 1 unspecified atom stereocenters. The number of hydrogen-bond acceptors (Lipinski definition) is 3.